The third kappa shape index (κ3) is 3.76. The summed E-state index contributed by atoms with van der Waals surface area (Å²) in [6.45, 7) is -0.817. The minimum Gasteiger partial charge on any atom is -0.480 e. The Morgan fingerprint density at radius 1 is 1.04 bits per heavy atom. The van der Waals surface area contributed by atoms with Crippen LogP contribution in [0.25, 0.3) is 10.8 Å². The van der Waals surface area contributed by atoms with Gasteiger partial charge < -0.3 is 5.11 Å². The Kier molecular flexibility index (Phi) is 5.47. The second-order valence-corrected chi connectivity index (χ2v) is 8.54. The fourth-order valence-electron chi connectivity index (χ4n) is 2.84. The second kappa shape index (κ2) is 7.68. The van der Waals surface area contributed by atoms with E-state index in [0.29, 0.717) is 16.3 Å². The van der Waals surface area contributed by atoms with Crippen molar-refractivity contribution < 1.29 is 18.3 Å². The molecular weight excluding hydrogens is 423 g/mol. The number of anilines is 1. The van der Waals surface area contributed by atoms with Crippen LogP contribution >= 0.6 is 23.2 Å². The fourth-order valence-corrected chi connectivity index (χ4v) is 5.00. The summed E-state index contributed by atoms with van der Waals surface area (Å²) in [5.74, 6) is -1.34. The molecule has 3 aromatic carbocycles. The number of nitriles is 1. The predicted molar refractivity (Wildman–Crippen MR) is 107 cm³/mol. The summed E-state index contributed by atoms with van der Waals surface area (Å²) in [6, 6.07) is 15.4. The van der Waals surface area contributed by atoms with Crippen LogP contribution in [0.15, 0.2) is 59.5 Å². The van der Waals surface area contributed by atoms with Crippen molar-refractivity contribution >= 4 is 55.7 Å². The first-order valence-corrected chi connectivity index (χ1v) is 10.1. The zero-order chi connectivity index (χ0) is 20.5. The smallest absolute Gasteiger partial charge is 0.324 e. The molecule has 0 spiro atoms. The molecule has 1 N–H and O–H groups in total. The molecule has 0 unspecified atom stereocenters. The summed E-state index contributed by atoms with van der Waals surface area (Å²) in [7, 11) is -4.30. The van der Waals surface area contributed by atoms with Crippen LogP contribution < -0.4 is 4.31 Å². The van der Waals surface area contributed by atoms with Crippen molar-refractivity contribution in [1.82, 2.24) is 0 Å². The van der Waals surface area contributed by atoms with Gasteiger partial charge in [-0.1, -0.05) is 47.5 Å². The lowest BCUT2D eigenvalue weighted by atomic mass is 10.0. The summed E-state index contributed by atoms with van der Waals surface area (Å²) in [6.07, 6.45) is 0. The highest BCUT2D eigenvalue weighted by molar-refractivity contribution is 7.92. The van der Waals surface area contributed by atoms with Gasteiger partial charge in [0, 0.05) is 20.8 Å². The number of rotatable bonds is 5. The van der Waals surface area contributed by atoms with Crippen molar-refractivity contribution in [3.63, 3.8) is 0 Å². The first-order valence-electron chi connectivity index (χ1n) is 7.86. The third-order valence-electron chi connectivity index (χ3n) is 3.99. The SMILES string of the molecule is N#Cc1cccc2c(N(CC(=O)O)S(=O)(=O)c3cc(Cl)cc(Cl)c3)cccc12. The summed E-state index contributed by atoms with van der Waals surface area (Å²) < 4.78 is 27.3. The molecule has 0 radical (unpaired) electrons. The molecule has 0 atom stereocenters. The van der Waals surface area contributed by atoms with Gasteiger partial charge in [-0.25, -0.2) is 8.42 Å². The van der Waals surface area contributed by atoms with Gasteiger partial charge in [0.15, 0.2) is 0 Å². The first-order chi connectivity index (χ1) is 13.2. The molecule has 0 aromatic heterocycles. The van der Waals surface area contributed by atoms with Gasteiger partial charge in [0.25, 0.3) is 10.0 Å². The van der Waals surface area contributed by atoms with Crippen LogP contribution in [0.1, 0.15) is 5.56 Å². The molecule has 0 aliphatic heterocycles. The van der Waals surface area contributed by atoms with E-state index < -0.39 is 22.5 Å². The molecule has 0 fully saturated rings. The van der Waals surface area contributed by atoms with E-state index in [1.807, 2.05) is 6.07 Å². The van der Waals surface area contributed by atoms with E-state index in [9.17, 15) is 23.6 Å². The zero-order valence-corrected chi connectivity index (χ0v) is 16.5. The molecule has 0 heterocycles. The molecule has 3 rings (SSSR count). The van der Waals surface area contributed by atoms with Gasteiger partial charge in [-0.15, -0.1) is 0 Å². The van der Waals surface area contributed by atoms with Crippen LogP contribution in [0.5, 0.6) is 0 Å². The number of carbonyl (C=O) groups is 1. The molecule has 0 bridgehead atoms. The van der Waals surface area contributed by atoms with Gasteiger partial charge in [-0.05, 0) is 30.3 Å². The number of hydrogen-bond acceptors (Lipinski definition) is 4. The molecule has 0 aliphatic rings. The highest BCUT2D eigenvalue weighted by Gasteiger charge is 2.29. The van der Waals surface area contributed by atoms with Crippen LogP contribution in [0.3, 0.4) is 0 Å². The Bertz CT molecular complexity index is 1220. The quantitative estimate of drug-likeness (QED) is 0.645. The lowest BCUT2D eigenvalue weighted by Crippen LogP contribution is -2.36. The number of fused-ring (bicyclic) bond motifs is 1. The molecule has 28 heavy (non-hydrogen) atoms. The Labute approximate surface area is 171 Å². The van der Waals surface area contributed by atoms with Crippen molar-refractivity contribution in [2.75, 3.05) is 10.8 Å². The van der Waals surface area contributed by atoms with Crippen molar-refractivity contribution in [2.24, 2.45) is 0 Å². The van der Waals surface area contributed by atoms with Crippen LogP contribution in [0, 0.1) is 11.3 Å². The van der Waals surface area contributed by atoms with Crippen molar-refractivity contribution in [3.8, 4) is 6.07 Å². The monoisotopic (exact) mass is 434 g/mol. The van der Waals surface area contributed by atoms with Gasteiger partial charge >= 0.3 is 5.97 Å². The van der Waals surface area contributed by atoms with Gasteiger partial charge in [0.05, 0.1) is 22.2 Å². The van der Waals surface area contributed by atoms with Crippen molar-refractivity contribution in [3.05, 3.63) is 70.2 Å². The van der Waals surface area contributed by atoms with Crippen molar-refractivity contribution in [1.29, 1.82) is 5.26 Å². The topological polar surface area (TPSA) is 98.5 Å². The number of hydrogen-bond donors (Lipinski definition) is 1. The molecule has 9 heteroatoms. The molecule has 3 aromatic rings. The third-order valence-corrected chi connectivity index (χ3v) is 6.17. The summed E-state index contributed by atoms with van der Waals surface area (Å²) in [4.78, 5) is 11.2. The summed E-state index contributed by atoms with van der Waals surface area (Å²) in [5, 5.41) is 19.8. The fraction of sp³-hybridized carbons (Fsp3) is 0.0526. The van der Waals surface area contributed by atoms with E-state index in [4.69, 9.17) is 23.2 Å². The molecule has 6 nitrogen and oxygen atoms in total. The average Bonchev–Trinajstić information content (AvgIpc) is 2.64. The average molecular weight is 435 g/mol. The highest BCUT2D eigenvalue weighted by Crippen LogP contribution is 2.33. The van der Waals surface area contributed by atoms with E-state index >= 15 is 0 Å². The van der Waals surface area contributed by atoms with Crippen LogP contribution in [-0.2, 0) is 14.8 Å². The van der Waals surface area contributed by atoms with E-state index in [2.05, 4.69) is 0 Å². The highest BCUT2D eigenvalue weighted by atomic mass is 35.5. The number of sulfonamides is 1. The van der Waals surface area contributed by atoms with Gasteiger partial charge in [0.1, 0.15) is 6.54 Å². The van der Waals surface area contributed by atoms with Gasteiger partial charge in [-0.2, -0.15) is 5.26 Å². The molecular formula is C19H12Cl2N2O4S. The molecule has 0 saturated carbocycles. The maximum absolute atomic E-state index is 13.3. The number of carboxylic acids is 1. The molecule has 142 valence electrons. The molecule has 0 aliphatic carbocycles. The lowest BCUT2D eigenvalue weighted by molar-refractivity contribution is -0.135. The molecule has 0 saturated heterocycles. The number of nitrogens with zero attached hydrogens (tertiary/aromatic N) is 2. The van der Waals surface area contributed by atoms with Gasteiger partial charge in [-0.3, -0.25) is 9.10 Å². The Balaban J connectivity index is 2.29. The van der Waals surface area contributed by atoms with Gasteiger partial charge in [0.2, 0.25) is 0 Å². The van der Waals surface area contributed by atoms with E-state index in [1.165, 1.54) is 24.3 Å². The minimum atomic E-state index is -4.30. The second-order valence-electron chi connectivity index (χ2n) is 5.80. The standard InChI is InChI=1S/C19H12Cl2N2O4S/c20-13-7-14(21)9-15(8-13)28(26,27)23(11-19(24)25)18-6-2-4-16-12(10-22)3-1-5-17(16)18/h1-9H,11H2,(H,24,25). The largest absolute Gasteiger partial charge is 0.480 e. The lowest BCUT2D eigenvalue weighted by Gasteiger charge is -2.24. The van der Waals surface area contributed by atoms with Crippen molar-refractivity contribution in [2.45, 2.75) is 4.90 Å². The zero-order valence-electron chi connectivity index (χ0n) is 14.1. The Morgan fingerprint density at radius 2 is 1.64 bits per heavy atom. The van der Waals surface area contributed by atoms with E-state index in [0.717, 1.165) is 4.31 Å². The number of aliphatic carboxylic acids is 1. The van der Waals surface area contributed by atoms with E-state index in [-0.39, 0.29) is 20.6 Å². The maximum Gasteiger partial charge on any atom is 0.324 e. The first kappa shape index (κ1) is 20.0. The summed E-state index contributed by atoms with van der Waals surface area (Å²) >= 11 is 11.9. The Morgan fingerprint density at radius 3 is 2.25 bits per heavy atom. The minimum absolute atomic E-state index is 0.103. The maximum atomic E-state index is 13.3. The molecule has 0 amide bonds. The van der Waals surface area contributed by atoms with Crippen LogP contribution in [-0.4, -0.2) is 26.0 Å². The van der Waals surface area contributed by atoms with Crippen LogP contribution in [0.4, 0.5) is 5.69 Å². The number of halogens is 2. The normalized spacial score (nSPS) is 11.2. The Hall–Kier alpha value is -2.79. The predicted octanol–water partition coefficient (Wildman–Crippen LogP) is 4.30. The number of benzene rings is 3. The number of carboxylic acid groups (broad SMARTS) is 1. The summed E-state index contributed by atoms with van der Waals surface area (Å²) in [5.41, 5.74) is 0.478. The van der Waals surface area contributed by atoms with Crippen LogP contribution in [0.2, 0.25) is 10.0 Å². The van der Waals surface area contributed by atoms with E-state index in [1.54, 1.807) is 30.3 Å².